The fraction of sp³-hybridized carbons (Fsp3) is 1.00. The summed E-state index contributed by atoms with van der Waals surface area (Å²) >= 11 is 0. The van der Waals surface area contributed by atoms with E-state index in [0.717, 1.165) is 0 Å². The first-order valence-corrected chi connectivity index (χ1v) is 6.06. The van der Waals surface area contributed by atoms with Crippen LogP contribution >= 0.6 is 0 Å². The van der Waals surface area contributed by atoms with Crippen molar-refractivity contribution >= 4 is 7.85 Å². The van der Waals surface area contributed by atoms with Gasteiger partial charge in [-0.15, -0.1) is 0 Å². The molecule has 0 saturated heterocycles. The fourth-order valence-corrected chi connectivity index (χ4v) is 1.70. The molecule has 1 atom stereocenters. The molecular weight excluding hydrogens is 155 g/mol. The van der Waals surface area contributed by atoms with E-state index in [1.807, 2.05) is 0 Å². The minimum Gasteiger partial charge on any atom is -0.0774 e. The lowest BCUT2D eigenvalue weighted by Gasteiger charge is -2.09. The number of hydrogen-bond acceptors (Lipinski definition) is 0. The maximum absolute atomic E-state index is 5.93. The van der Waals surface area contributed by atoms with Crippen LogP contribution in [0.5, 0.6) is 0 Å². The Balaban J connectivity index is 2.97. The maximum Gasteiger partial charge on any atom is 0.0699 e. The second-order valence-electron chi connectivity index (χ2n) is 4.11. The largest absolute Gasteiger partial charge is 0.0774 e. The predicted octanol–water partition coefficient (Wildman–Crippen LogP) is 4.49. The molecule has 1 heteroatoms. The van der Waals surface area contributed by atoms with Gasteiger partial charge in [-0.2, -0.15) is 0 Å². The molecule has 0 aliphatic carbocycles. The lowest BCUT2D eigenvalue weighted by molar-refractivity contribution is 0.562. The first-order chi connectivity index (χ1) is 6.31. The van der Waals surface area contributed by atoms with Crippen LogP contribution in [0.3, 0.4) is 0 Å². The van der Waals surface area contributed by atoms with Crippen molar-refractivity contribution in [2.24, 2.45) is 0 Å². The second-order valence-corrected chi connectivity index (χ2v) is 4.11. The van der Waals surface area contributed by atoms with Gasteiger partial charge in [0.15, 0.2) is 0 Å². The number of unbranched alkanes of at least 4 members (excludes halogenated alkanes) is 5. The van der Waals surface area contributed by atoms with Crippen LogP contribution < -0.4 is 0 Å². The summed E-state index contributed by atoms with van der Waals surface area (Å²) in [4.78, 5) is 0. The molecule has 0 aromatic carbocycles. The van der Waals surface area contributed by atoms with Gasteiger partial charge in [0.05, 0.1) is 7.85 Å². The summed E-state index contributed by atoms with van der Waals surface area (Å²) in [5.41, 5.74) is 0. The van der Waals surface area contributed by atoms with E-state index in [1.165, 1.54) is 57.8 Å². The van der Waals surface area contributed by atoms with Crippen LogP contribution in [0, 0.1) is 0 Å². The summed E-state index contributed by atoms with van der Waals surface area (Å²) in [5.74, 6) is 0.469. The minimum atomic E-state index is 0.469. The minimum absolute atomic E-state index is 0.469. The van der Waals surface area contributed by atoms with Crippen LogP contribution in [0.25, 0.3) is 0 Å². The summed E-state index contributed by atoms with van der Waals surface area (Å²) in [6.45, 7) is 4.47. The number of hydrogen-bond donors (Lipinski definition) is 0. The zero-order chi connectivity index (χ0) is 9.94. The molecule has 0 aliphatic rings. The van der Waals surface area contributed by atoms with Gasteiger partial charge in [-0.05, 0) is 0 Å². The van der Waals surface area contributed by atoms with Crippen LogP contribution in [-0.2, 0) is 0 Å². The van der Waals surface area contributed by atoms with E-state index >= 15 is 0 Å². The monoisotopic (exact) mass is 180 g/mol. The van der Waals surface area contributed by atoms with Gasteiger partial charge in [-0.25, -0.2) is 0 Å². The number of rotatable bonds is 9. The van der Waals surface area contributed by atoms with E-state index in [2.05, 4.69) is 13.8 Å². The van der Waals surface area contributed by atoms with Crippen molar-refractivity contribution in [2.75, 3.05) is 0 Å². The van der Waals surface area contributed by atoms with E-state index in [9.17, 15) is 0 Å². The second kappa shape index (κ2) is 10.1. The molecule has 0 nitrogen and oxygen atoms in total. The molecule has 76 valence electrons. The van der Waals surface area contributed by atoms with Crippen LogP contribution in [0.15, 0.2) is 0 Å². The van der Waals surface area contributed by atoms with Crippen LogP contribution in [0.2, 0.25) is 5.82 Å². The zero-order valence-electron chi connectivity index (χ0n) is 9.52. The molecule has 0 N–H and O–H groups in total. The van der Waals surface area contributed by atoms with Gasteiger partial charge in [-0.1, -0.05) is 77.5 Å². The van der Waals surface area contributed by atoms with Gasteiger partial charge in [0, 0.05) is 0 Å². The molecule has 1 unspecified atom stereocenters. The summed E-state index contributed by atoms with van der Waals surface area (Å²) in [6.07, 6.45) is 12.0. The normalized spacial score (nSPS) is 13.1. The first-order valence-electron chi connectivity index (χ1n) is 6.06. The van der Waals surface area contributed by atoms with Gasteiger partial charge < -0.3 is 0 Å². The Labute approximate surface area is 85.9 Å². The van der Waals surface area contributed by atoms with Crippen LogP contribution in [0.4, 0.5) is 0 Å². The lowest BCUT2D eigenvalue weighted by atomic mass is 9.79. The van der Waals surface area contributed by atoms with Gasteiger partial charge in [0.25, 0.3) is 0 Å². The van der Waals surface area contributed by atoms with E-state index in [-0.39, 0.29) is 0 Å². The van der Waals surface area contributed by atoms with Crippen molar-refractivity contribution < 1.29 is 0 Å². The topological polar surface area (TPSA) is 0 Å². The predicted molar refractivity (Wildman–Crippen MR) is 62.4 cm³/mol. The molecular formula is C12H25B. The molecule has 0 fully saturated rings. The Morgan fingerprint density at radius 2 is 1.38 bits per heavy atom. The third kappa shape index (κ3) is 9.98. The SMILES string of the molecule is [B]C(CCC)CCCCCCCC. The summed E-state index contributed by atoms with van der Waals surface area (Å²) in [6, 6.07) is 0. The van der Waals surface area contributed by atoms with Crippen LogP contribution in [-0.4, -0.2) is 7.85 Å². The first kappa shape index (κ1) is 13.1. The zero-order valence-corrected chi connectivity index (χ0v) is 9.52. The van der Waals surface area contributed by atoms with E-state index in [1.54, 1.807) is 0 Å². The van der Waals surface area contributed by atoms with Gasteiger partial charge in [0.2, 0.25) is 0 Å². The van der Waals surface area contributed by atoms with Crippen molar-refractivity contribution in [1.29, 1.82) is 0 Å². The van der Waals surface area contributed by atoms with E-state index in [4.69, 9.17) is 7.85 Å². The Kier molecular flexibility index (Phi) is 10.2. The molecule has 0 aliphatic heterocycles. The molecule has 0 aromatic heterocycles. The summed E-state index contributed by atoms with van der Waals surface area (Å²) < 4.78 is 0. The smallest absolute Gasteiger partial charge is 0.0699 e. The van der Waals surface area contributed by atoms with Crippen molar-refractivity contribution in [1.82, 2.24) is 0 Å². The molecule has 0 heterocycles. The van der Waals surface area contributed by atoms with Crippen molar-refractivity contribution in [3.05, 3.63) is 0 Å². The Bertz CT molecular complexity index is 91.1. The lowest BCUT2D eigenvalue weighted by Crippen LogP contribution is -1.91. The molecule has 0 amide bonds. The standard InChI is InChI=1S/C12H25B/c1-3-5-6-7-8-9-11-12(13)10-4-2/h12H,3-11H2,1-2H3. The van der Waals surface area contributed by atoms with E-state index < -0.39 is 0 Å². The summed E-state index contributed by atoms with van der Waals surface area (Å²) in [5, 5.41) is 0. The third-order valence-electron chi connectivity index (χ3n) is 2.59. The molecule has 0 aromatic rings. The third-order valence-corrected chi connectivity index (χ3v) is 2.59. The average Bonchev–Trinajstić information content (AvgIpc) is 2.11. The maximum atomic E-state index is 5.93. The molecule has 0 spiro atoms. The Morgan fingerprint density at radius 1 is 0.769 bits per heavy atom. The fourth-order valence-electron chi connectivity index (χ4n) is 1.70. The highest BCUT2D eigenvalue weighted by Gasteiger charge is 1.99. The van der Waals surface area contributed by atoms with Gasteiger partial charge >= 0.3 is 0 Å². The van der Waals surface area contributed by atoms with Crippen LogP contribution in [0.1, 0.15) is 71.6 Å². The van der Waals surface area contributed by atoms with Gasteiger partial charge in [0.1, 0.15) is 0 Å². The van der Waals surface area contributed by atoms with Crippen molar-refractivity contribution in [3.63, 3.8) is 0 Å². The Hall–Kier alpha value is 0.0649. The molecule has 13 heavy (non-hydrogen) atoms. The molecule has 0 saturated carbocycles. The quantitative estimate of drug-likeness (QED) is 0.362. The van der Waals surface area contributed by atoms with E-state index in [0.29, 0.717) is 5.82 Å². The van der Waals surface area contributed by atoms with Crippen molar-refractivity contribution in [3.8, 4) is 0 Å². The van der Waals surface area contributed by atoms with Gasteiger partial charge in [-0.3, -0.25) is 0 Å². The van der Waals surface area contributed by atoms with Crippen molar-refractivity contribution in [2.45, 2.75) is 77.5 Å². The highest BCUT2D eigenvalue weighted by atomic mass is 14.0. The molecule has 0 bridgehead atoms. The highest BCUT2D eigenvalue weighted by molar-refractivity contribution is 6.11. The molecule has 2 radical (unpaired) electrons. The molecule has 0 rings (SSSR count). The summed E-state index contributed by atoms with van der Waals surface area (Å²) in [7, 11) is 5.93. The Morgan fingerprint density at radius 3 is 2.00 bits per heavy atom. The highest BCUT2D eigenvalue weighted by Crippen LogP contribution is 2.18. The average molecular weight is 180 g/mol.